The molecule has 0 aromatic heterocycles. The molecule has 2 aromatic rings. The lowest BCUT2D eigenvalue weighted by atomic mass is 10.0. The molecule has 1 heterocycles. The molecule has 0 fully saturated rings. The van der Waals surface area contributed by atoms with Crippen molar-refractivity contribution in [1.82, 2.24) is 10.2 Å². The molecule has 3 rings (SSSR count). The van der Waals surface area contributed by atoms with Crippen molar-refractivity contribution in [1.29, 1.82) is 0 Å². The summed E-state index contributed by atoms with van der Waals surface area (Å²) in [4.78, 5) is 17.3. The van der Waals surface area contributed by atoms with Gasteiger partial charge in [-0.2, -0.15) is 0 Å². The summed E-state index contributed by atoms with van der Waals surface area (Å²) in [7, 11) is 5.77. The summed E-state index contributed by atoms with van der Waals surface area (Å²) in [5, 5.41) is 3.05. The second-order valence-electron chi connectivity index (χ2n) is 6.74. The number of nitrogens with zero attached hydrogens (tertiary/aromatic N) is 2. The molecular formula is C20H24FN3OS. The van der Waals surface area contributed by atoms with E-state index in [0.717, 1.165) is 33.9 Å². The molecular weight excluding hydrogens is 349 g/mol. The van der Waals surface area contributed by atoms with Gasteiger partial charge in [-0.25, -0.2) is 9.18 Å². The van der Waals surface area contributed by atoms with Crippen LogP contribution in [0.15, 0.2) is 47.4 Å². The Morgan fingerprint density at radius 2 is 1.92 bits per heavy atom. The summed E-state index contributed by atoms with van der Waals surface area (Å²) < 4.78 is 13.6. The molecule has 26 heavy (non-hydrogen) atoms. The maximum atomic E-state index is 13.6. The Kier molecular flexibility index (Phi) is 5.71. The van der Waals surface area contributed by atoms with Crippen LogP contribution in [-0.4, -0.2) is 37.8 Å². The highest BCUT2D eigenvalue weighted by molar-refractivity contribution is 7.99. The molecule has 0 aliphatic carbocycles. The minimum atomic E-state index is -0.264. The van der Waals surface area contributed by atoms with Crippen molar-refractivity contribution in [3.05, 3.63) is 59.4 Å². The zero-order valence-corrected chi connectivity index (χ0v) is 16.1. The molecule has 1 N–H and O–H groups in total. The topological polar surface area (TPSA) is 35.6 Å². The summed E-state index contributed by atoms with van der Waals surface area (Å²) in [5.74, 6) is 0.652. The van der Waals surface area contributed by atoms with Crippen LogP contribution in [0.3, 0.4) is 0 Å². The molecule has 138 valence electrons. The molecule has 4 nitrogen and oxygen atoms in total. The lowest BCUT2D eigenvalue weighted by molar-refractivity contribution is 0.202. The third-order valence-electron chi connectivity index (χ3n) is 4.53. The first-order chi connectivity index (χ1) is 12.4. The number of benzene rings is 2. The van der Waals surface area contributed by atoms with Gasteiger partial charge in [-0.15, -0.1) is 11.8 Å². The van der Waals surface area contributed by atoms with E-state index in [1.54, 1.807) is 29.8 Å². The van der Waals surface area contributed by atoms with Crippen molar-refractivity contribution in [2.24, 2.45) is 0 Å². The predicted molar refractivity (Wildman–Crippen MR) is 105 cm³/mol. The average molecular weight is 373 g/mol. The van der Waals surface area contributed by atoms with E-state index in [1.165, 1.54) is 12.1 Å². The fourth-order valence-electron chi connectivity index (χ4n) is 3.02. The molecule has 6 heteroatoms. The van der Waals surface area contributed by atoms with Crippen LogP contribution >= 0.6 is 11.8 Å². The number of hydrogen-bond donors (Lipinski definition) is 1. The van der Waals surface area contributed by atoms with Gasteiger partial charge in [0.1, 0.15) is 5.82 Å². The van der Waals surface area contributed by atoms with Gasteiger partial charge in [-0.3, -0.25) is 0 Å². The van der Waals surface area contributed by atoms with E-state index >= 15 is 0 Å². The van der Waals surface area contributed by atoms with Crippen LogP contribution in [-0.2, 0) is 6.54 Å². The highest BCUT2D eigenvalue weighted by atomic mass is 32.2. The maximum Gasteiger partial charge on any atom is 0.317 e. The lowest BCUT2D eigenvalue weighted by Gasteiger charge is -2.28. The van der Waals surface area contributed by atoms with Crippen LogP contribution in [0.1, 0.15) is 23.6 Å². The van der Waals surface area contributed by atoms with Gasteiger partial charge in [0.2, 0.25) is 0 Å². The monoisotopic (exact) mass is 373 g/mol. The van der Waals surface area contributed by atoms with Crippen molar-refractivity contribution in [3.63, 3.8) is 0 Å². The Morgan fingerprint density at radius 3 is 2.62 bits per heavy atom. The van der Waals surface area contributed by atoms with E-state index in [1.807, 2.05) is 43.3 Å². The highest BCUT2D eigenvalue weighted by Gasteiger charge is 2.24. The van der Waals surface area contributed by atoms with Crippen molar-refractivity contribution in [2.45, 2.75) is 23.9 Å². The van der Waals surface area contributed by atoms with Crippen LogP contribution in [0.5, 0.6) is 0 Å². The number of rotatable bonds is 4. The van der Waals surface area contributed by atoms with Gasteiger partial charge >= 0.3 is 6.03 Å². The van der Waals surface area contributed by atoms with E-state index in [2.05, 4.69) is 5.32 Å². The summed E-state index contributed by atoms with van der Waals surface area (Å²) in [6.07, 6.45) is 0.804. The van der Waals surface area contributed by atoms with E-state index in [9.17, 15) is 9.18 Å². The fourth-order valence-corrected chi connectivity index (χ4v) is 4.13. The molecule has 1 unspecified atom stereocenters. The quantitative estimate of drug-likeness (QED) is 0.869. The van der Waals surface area contributed by atoms with Crippen LogP contribution in [0.4, 0.5) is 14.9 Å². The molecule has 0 bridgehead atoms. The Labute approximate surface area is 158 Å². The average Bonchev–Trinajstić information content (AvgIpc) is 2.62. The van der Waals surface area contributed by atoms with Crippen molar-refractivity contribution in [2.75, 3.05) is 31.8 Å². The first-order valence-electron chi connectivity index (χ1n) is 8.64. The Balaban J connectivity index is 1.64. The summed E-state index contributed by atoms with van der Waals surface area (Å²) >= 11 is 1.71. The molecule has 1 aliphatic rings. The minimum absolute atomic E-state index is 0.145. The van der Waals surface area contributed by atoms with Gasteiger partial charge in [-0.05, 0) is 47.9 Å². The second kappa shape index (κ2) is 7.99. The first kappa shape index (κ1) is 18.6. The third kappa shape index (κ3) is 4.30. The zero-order chi connectivity index (χ0) is 18.7. The third-order valence-corrected chi connectivity index (χ3v) is 5.65. The minimum Gasteiger partial charge on any atom is -0.378 e. The van der Waals surface area contributed by atoms with Crippen molar-refractivity contribution in [3.8, 4) is 0 Å². The summed E-state index contributed by atoms with van der Waals surface area (Å²) in [5.41, 5.74) is 3.07. The van der Waals surface area contributed by atoms with Crippen LogP contribution in [0.2, 0.25) is 0 Å². The molecule has 0 saturated carbocycles. The van der Waals surface area contributed by atoms with E-state index in [-0.39, 0.29) is 17.9 Å². The summed E-state index contributed by atoms with van der Waals surface area (Å²) in [6, 6.07) is 12.6. The fraction of sp³-hybridized carbons (Fsp3) is 0.350. The predicted octanol–water partition coefficient (Wildman–Crippen LogP) is 4.27. The smallest absolute Gasteiger partial charge is 0.317 e. The van der Waals surface area contributed by atoms with E-state index < -0.39 is 0 Å². The number of thioether (sulfide) groups is 1. The molecule has 1 atom stereocenters. The molecule has 2 amide bonds. The number of urea groups is 1. The van der Waals surface area contributed by atoms with Gasteiger partial charge in [0.05, 0.1) is 6.04 Å². The zero-order valence-electron chi connectivity index (χ0n) is 15.3. The number of amides is 2. The molecule has 1 aliphatic heterocycles. The van der Waals surface area contributed by atoms with Crippen LogP contribution < -0.4 is 10.2 Å². The van der Waals surface area contributed by atoms with Gasteiger partial charge in [0, 0.05) is 44.0 Å². The number of halogens is 1. The number of fused-ring (bicyclic) bond motifs is 1. The first-order valence-corrected chi connectivity index (χ1v) is 9.63. The summed E-state index contributed by atoms with van der Waals surface area (Å²) in [6.45, 7) is 0.525. The Morgan fingerprint density at radius 1 is 1.19 bits per heavy atom. The number of anilines is 1. The van der Waals surface area contributed by atoms with Crippen molar-refractivity contribution < 1.29 is 9.18 Å². The van der Waals surface area contributed by atoms with E-state index in [0.29, 0.717) is 6.54 Å². The van der Waals surface area contributed by atoms with E-state index in [4.69, 9.17) is 0 Å². The van der Waals surface area contributed by atoms with Gasteiger partial charge in [0.25, 0.3) is 0 Å². The van der Waals surface area contributed by atoms with Crippen LogP contribution in [0, 0.1) is 5.82 Å². The SMILES string of the molecule is CN(Cc1ccc(N(C)C)cc1)C(=O)NC1CCSc2ccc(F)cc21. The number of carbonyl (C=O) groups excluding carboxylic acids is 1. The number of nitrogens with one attached hydrogen (secondary N) is 1. The highest BCUT2D eigenvalue weighted by Crippen LogP contribution is 2.36. The standard InChI is InChI=1S/C20H24FN3OS/c1-23(2)16-7-4-14(5-8-16)13-24(3)20(25)22-18-10-11-26-19-9-6-15(21)12-17(18)19/h4-9,12,18H,10-11,13H2,1-3H3,(H,22,25). The second-order valence-corrected chi connectivity index (χ2v) is 7.88. The van der Waals surface area contributed by atoms with Gasteiger partial charge < -0.3 is 15.1 Å². The molecule has 2 aromatic carbocycles. The van der Waals surface area contributed by atoms with Gasteiger partial charge in [0.15, 0.2) is 0 Å². The number of hydrogen-bond acceptors (Lipinski definition) is 3. The van der Waals surface area contributed by atoms with Crippen molar-refractivity contribution >= 4 is 23.5 Å². The van der Waals surface area contributed by atoms with Crippen LogP contribution in [0.25, 0.3) is 0 Å². The molecule has 0 spiro atoms. The molecule has 0 saturated heterocycles. The lowest BCUT2D eigenvalue weighted by Crippen LogP contribution is -2.39. The Bertz CT molecular complexity index is 779. The maximum absolute atomic E-state index is 13.6. The normalized spacial score (nSPS) is 15.9. The largest absolute Gasteiger partial charge is 0.378 e. The molecule has 0 radical (unpaired) electrons. The van der Waals surface area contributed by atoms with Gasteiger partial charge in [-0.1, -0.05) is 12.1 Å². The Hall–Kier alpha value is -2.21. The number of carbonyl (C=O) groups is 1.